The van der Waals surface area contributed by atoms with Crippen LogP contribution in [0.3, 0.4) is 0 Å². The fourth-order valence-corrected chi connectivity index (χ4v) is 3.58. The Morgan fingerprint density at radius 3 is 1.50 bits per heavy atom. The van der Waals surface area contributed by atoms with E-state index < -0.39 is 0 Å². The van der Waals surface area contributed by atoms with Crippen molar-refractivity contribution in [2.24, 2.45) is 0 Å². The van der Waals surface area contributed by atoms with Gasteiger partial charge in [0.15, 0.2) is 13.5 Å². The molecular weight excluding hydrogens is 324 g/mol. The first-order valence-corrected chi connectivity index (χ1v) is 8.88. The molecule has 130 valence electrons. The zero-order valence-electron chi connectivity index (χ0n) is 14.5. The molecule has 0 atom stereocenters. The minimum absolute atomic E-state index is 0.561. The maximum absolute atomic E-state index is 6.00. The Hall–Kier alpha value is -3.14. The Kier molecular flexibility index (Phi) is 3.67. The third-order valence-corrected chi connectivity index (χ3v) is 4.96. The van der Waals surface area contributed by atoms with E-state index in [0.29, 0.717) is 13.5 Å². The number of nitrogens with zero attached hydrogens (tertiary/aromatic N) is 2. The molecule has 3 aromatic carbocycles. The van der Waals surface area contributed by atoms with E-state index in [0.717, 1.165) is 24.6 Å². The van der Waals surface area contributed by atoms with Crippen molar-refractivity contribution >= 4 is 11.4 Å². The summed E-state index contributed by atoms with van der Waals surface area (Å²) in [6.45, 7) is 2.81. The lowest BCUT2D eigenvalue weighted by atomic mass is 10.0. The summed E-state index contributed by atoms with van der Waals surface area (Å²) in [7, 11) is 0. The van der Waals surface area contributed by atoms with Gasteiger partial charge in [-0.25, -0.2) is 0 Å². The molecule has 0 saturated carbocycles. The topological polar surface area (TPSA) is 24.9 Å². The maximum atomic E-state index is 6.00. The summed E-state index contributed by atoms with van der Waals surface area (Å²) in [5.74, 6) is 1.87. The number of benzene rings is 3. The van der Waals surface area contributed by atoms with Gasteiger partial charge in [0.05, 0.1) is 0 Å². The molecule has 2 aliphatic heterocycles. The highest BCUT2D eigenvalue weighted by Crippen LogP contribution is 2.37. The first-order chi connectivity index (χ1) is 12.9. The summed E-state index contributed by atoms with van der Waals surface area (Å²) in [5.41, 5.74) is 4.77. The van der Waals surface area contributed by atoms with E-state index in [1.54, 1.807) is 0 Å². The molecule has 0 amide bonds. The second kappa shape index (κ2) is 6.30. The lowest BCUT2D eigenvalue weighted by Gasteiger charge is -2.34. The summed E-state index contributed by atoms with van der Waals surface area (Å²) < 4.78 is 12.0. The Balaban J connectivity index is 1.42. The van der Waals surface area contributed by atoms with E-state index in [1.165, 1.54) is 22.5 Å². The Morgan fingerprint density at radius 1 is 0.577 bits per heavy atom. The second-order valence-electron chi connectivity index (χ2n) is 6.68. The number of rotatable bonds is 2. The molecule has 0 N–H and O–H groups in total. The van der Waals surface area contributed by atoms with Crippen LogP contribution in [0.15, 0.2) is 72.8 Å². The van der Waals surface area contributed by atoms with Crippen molar-refractivity contribution in [3.63, 3.8) is 0 Å². The van der Waals surface area contributed by atoms with E-state index in [2.05, 4.69) is 70.5 Å². The van der Waals surface area contributed by atoms with Gasteiger partial charge in [-0.15, -0.1) is 0 Å². The van der Waals surface area contributed by atoms with Gasteiger partial charge < -0.3 is 19.3 Å². The third kappa shape index (κ3) is 2.73. The summed E-state index contributed by atoms with van der Waals surface area (Å²) in [6, 6.07) is 25.1. The number of ether oxygens (including phenoxy) is 2. The molecule has 2 aliphatic rings. The first kappa shape index (κ1) is 15.1. The number of hydrogen-bond acceptors (Lipinski definition) is 4. The van der Waals surface area contributed by atoms with Crippen LogP contribution in [0, 0.1) is 0 Å². The standard InChI is InChI=1S/C22H20N2O2/c1-3-7-19(8-4-1)23-13-17-11-18-14-24(20-9-5-2-6-10-20)16-26-22(18)12-21(17)25-15-23/h1-12H,13-16H2. The third-order valence-electron chi connectivity index (χ3n) is 4.96. The average Bonchev–Trinajstić information content (AvgIpc) is 2.73. The highest BCUT2D eigenvalue weighted by molar-refractivity contribution is 5.56. The lowest BCUT2D eigenvalue weighted by Crippen LogP contribution is -2.34. The van der Waals surface area contributed by atoms with Gasteiger partial charge in [0.25, 0.3) is 0 Å². The quantitative estimate of drug-likeness (QED) is 0.688. The van der Waals surface area contributed by atoms with Crippen LogP contribution < -0.4 is 19.3 Å². The molecule has 0 spiro atoms. The molecule has 26 heavy (non-hydrogen) atoms. The van der Waals surface area contributed by atoms with Crippen molar-refractivity contribution in [2.45, 2.75) is 13.1 Å². The van der Waals surface area contributed by atoms with Gasteiger partial charge in [-0.2, -0.15) is 0 Å². The molecule has 0 bridgehead atoms. The SMILES string of the molecule is c1ccc(N2COc3cc4c(cc3C2)CN(c2ccccc2)CO4)cc1. The van der Waals surface area contributed by atoms with Gasteiger partial charge in [-0.3, -0.25) is 0 Å². The number of fused-ring (bicyclic) bond motifs is 2. The van der Waals surface area contributed by atoms with Crippen LogP contribution >= 0.6 is 0 Å². The predicted octanol–water partition coefficient (Wildman–Crippen LogP) is 4.40. The molecule has 2 heterocycles. The first-order valence-electron chi connectivity index (χ1n) is 8.88. The van der Waals surface area contributed by atoms with E-state index >= 15 is 0 Å². The lowest BCUT2D eigenvalue weighted by molar-refractivity contribution is 0.271. The van der Waals surface area contributed by atoms with Crippen LogP contribution in [0.4, 0.5) is 11.4 Å². The summed E-state index contributed by atoms with van der Waals surface area (Å²) in [6.07, 6.45) is 0. The minimum Gasteiger partial charge on any atom is -0.473 e. The van der Waals surface area contributed by atoms with Crippen molar-refractivity contribution in [3.05, 3.63) is 83.9 Å². The summed E-state index contributed by atoms with van der Waals surface area (Å²) >= 11 is 0. The molecule has 5 rings (SSSR count). The Bertz CT molecular complexity index is 839. The van der Waals surface area contributed by atoms with Crippen LogP contribution in [0.25, 0.3) is 0 Å². The molecule has 0 unspecified atom stereocenters. The minimum atomic E-state index is 0.561. The van der Waals surface area contributed by atoms with Crippen molar-refractivity contribution in [3.8, 4) is 11.5 Å². The monoisotopic (exact) mass is 344 g/mol. The van der Waals surface area contributed by atoms with E-state index in [-0.39, 0.29) is 0 Å². The predicted molar refractivity (Wildman–Crippen MR) is 103 cm³/mol. The zero-order chi connectivity index (χ0) is 17.3. The Labute approximate surface area is 153 Å². The maximum Gasteiger partial charge on any atom is 0.161 e. The van der Waals surface area contributed by atoms with Gasteiger partial charge in [0.1, 0.15) is 11.5 Å². The largest absolute Gasteiger partial charge is 0.473 e. The molecule has 0 aromatic heterocycles. The Morgan fingerprint density at radius 2 is 1.04 bits per heavy atom. The van der Waals surface area contributed by atoms with Gasteiger partial charge >= 0.3 is 0 Å². The summed E-state index contributed by atoms with van der Waals surface area (Å²) in [5, 5.41) is 0. The highest BCUT2D eigenvalue weighted by Gasteiger charge is 2.24. The molecule has 0 saturated heterocycles. The fourth-order valence-electron chi connectivity index (χ4n) is 3.58. The van der Waals surface area contributed by atoms with Crippen LogP contribution in [0.2, 0.25) is 0 Å². The van der Waals surface area contributed by atoms with Gasteiger partial charge in [0, 0.05) is 41.7 Å². The van der Waals surface area contributed by atoms with Crippen LogP contribution in [0.5, 0.6) is 11.5 Å². The molecule has 0 radical (unpaired) electrons. The molecule has 4 nitrogen and oxygen atoms in total. The summed E-state index contributed by atoms with van der Waals surface area (Å²) in [4.78, 5) is 4.49. The molecule has 3 aromatic rings. The van der Waals surface area contributed by atoms with Gasteiger partial charge in [-0.1, -0.05) is 36.4 Å². The van der Waals surface area contributed by atoms with Crippen LogP contribution in [-0.4, -0.2) is 13.5 Å². The van der Waals surface area contributed by atoms with E-state index in [1.807, 2.05) is 12.1 Å². The van der Waals surface area contributed by atoms with Crippen molar-refractivity contribution in [1.82, 2.24) is 0 Å². The molecule has 0 aliphatic carbocycles. The normalized spacial score (nSPS) is 15.5. The smallest absolute Gasteiger partial charge is 0.161 e. The van der Waals surface area contributed by atoms with E-state index in [9.17, 15) is 0 Å². The van der Waals surface area contributed by atoms with Crippen molar-refractivity contribution in [2.75, 3.05) is 23.3 Å². The van der Waals surface area contributed by atoms with E-state index in [4.69, 9.17) is 9.47 Å². The number of para-hydroxylation sites is 2. The van der Waals surface area contributed by atoms with Gasteiger partial charge in [-0.05, 0) is 30.3 Å². The molecule has 4 heteroatoms. The highest BCUT2D eigenvalue weighted by atomic mass is 16.5. The zero-order valence-corrected chi connectivity index (χ0v) is 14.5. The van der Waals surface area contributed by atoms with Crippen LogP contribution in [-0.2, 0) is 13.1 Å². The molecule has 0 fully saturated rings. The number of hydrogen-bond donors (Lipinski definition) is 0. The second-order valence-corrected chi connectivity index (χ2v) is 6.68. The molecular formula is C22H20N2O2. The number of anilines is 2. The van der Waals surface area contributed by atoms with Crippen LogP contribution in [0.1, 0.15) is 11.1 Å². The van der Waals surface area contributed by atoms with Crippen molar-refractivity contribution in [1.29, 1.82) is 0 Å². The average molecular weight is 344 g/mol. The van der Waals surface area contributed by atoms with Crippen molar-refractivity contribution < 1.29 is 9.47 Å². The van der Waals surface area contributed by atoms with Gasteiger partial charge in [0.2, 0.25) is 0 Å². The fraction of sp³-hybridized carbons (Fsp3) is 0.182.